The van der Waals surface area contributed by atoms with Crippen LogP contribution < -0.4 is 10.6 Å². The lowest BCUT2D eigenvalue weighted by molar-refractivity contribution is -0.120. The average Bonchev–Trinajstić information content (AvgIpc) is 2.77. The molecule has 2 N–H and O–H groups in total. The number of fused-ring (bicyclic) bond motifs is 1. The molecule has 100 valence electrons. The first-order chi connectivity index (χ1) is 9.68. The van der Waals surface area contributed by atoms with Crippen molar-refractivity contribution in [3.63, 3.8) is 0 Å². The second-order valence-corrected chi connectivity index (χ2v) is 5.41. The van der Waals surface area contributed by atoms with E-state index in [0.717, 1.165) is 21.6 Å². The van der Waals surface area contributed by atoms with Gasteiger partial charge in [0.15, 0.2) is 0 Å². The molecule has 3 rings (SSSR count). The highest BCUT2D eigenvalue weighted by Crippen LogP contribution is 2.24. The fraction of sp³-hybridized carbons (Fsp3) is 0.0667. The second kappa shape index (κ2) is 4.94. The molecule has 1 amide bonds. The fourth-order valence-corrected chi connectivity index (χ4v) is 3.21. The molecule has 0 bridgehead atoms. The minimum Gasteiger partial charge on any atom is -0.368 e. The highest BCUT2D eigenvalue weighted by Gasteiger charge is 2.23. The van der Waals surface area contributed by atoms with Gasteiger partial charge in [0.25, 0.3) is 0 Å². The largest absolute Gasteiger partial charge is 0.368 e. The monoisotopic (exact) mass is 284 g/mol. The molecule has 2 aromatic carbocycles. The Bertz CT molecular complexity index is 821. The van der Waals surface area contributed by atoms with Gasteiger partial charge in [0.1, 0.15) is 6.04 Å². The minimum absolute atomic E-state index is 0.182. The number of benzene rings is 2. The quantitative estimate of drug-likeness (QED) is 0.800. The molecule has 5 heteroatoms. The first-order valence-electron chi connectivity index (χ1n) is 6.13. The van der Waals surface area contributed by atoms with Crippen LogP contribution in [0.4, 0.5) is 0 Å². The van der Waals surface area contributed by atoms with Crippen molar-refractivity contribution in [3.05, 3.63) is 69.8 Å². The number of primary amides is 1. The predicted octanol–water partition coefficient (Wildman–Crippen LogP) is 2.14. The van der Waals surface area contributed by atoms with E-state index in [9.17, 15) is 9.59 Å². The maximum Gasteiger partial charge on any atom is 0.309 e. The number of nitrogens with two attached hydrogens (primary N) is 1. The van der Waals surface area contributed by atoms with Crippen LogP contribution in [0.5, 0.6) is 0 Å². The van der Waals surface area contributed by atoms with Gasteiger partial charge >= 0.3 is 4.87 Å². The Hall–Kier alpha value is -2.40. The van der Waals surface area contributed by atoms with E-state index in [4.69, 9.17) is 5.73 Å². The summed E-state index contributed by atoms with van der Waals surface area (Å²) in [6.07, 6.45) is 0. The van der Waals surface area contributed by atoms with Crippen LogP contribution >= 0.6 is 11.3 Å². The molecule has 0 aliphatic rings. The van der Waals surface area contributed by atoms with Crippen molar-refractivity contribution in [1.29, 1.82) is 0 Å². The number of para-hydroxylation sites is 1. The molecule has 0 fully saturated rings. The topological polar surface area (TPSA) is 65.1 Å². The molecule has 0 radical (unpaired) electrons. The molecule has 4 nitrogen and oxygen atoms in total. The smallest absolute Gasteiger partial charge is 0.309 e. The van der Waals surface area contributed by atoms with Crippen molar-refractivity contribution in [2.24, 2.45) is 5.73 Å². The Morgan fingerprint density at radius 1 is 1.05 bits per heavy atom. The number of rotatable bonds is 3. The summed E-state index contributed by atoms with van der Waals surface area (Å²) in [5, 5.41) is 0. The van der Waals surface area contributed by atoms with E-state index in [0.29, 0.717) is 5.56 Å². The number of amides is 1. The molecule has 3 aromatic rings. The van der Waals surface area contributed by atoms with E-state index in [1.165, 1.54) is 4.57 Å². The molecule has 0 saturated heterocycles. The van der Waals surface area contributed by atoms with E-state index < -0.39 is 11.9 Å². The molecular formula is C15H12N2O2S. The Kier molecular flexibility index (Phi) is 3.12. The predicted molar refractivity (Wildman–Crippen MR) is 79.9 cm³/mol. The van der Waals surface area contributed by atoms with Gasteiger partial charge in [-0.2, -0.15) is 0 Å². The summed E-state index contributed by atoms with van der Waals surface area (Å²) in [6.45, 7) is 0. The average molecular weight is 284 g/mol. The maximum absolute atomic E-state index is 12.2. The first kappa shape index (κ1) is 12.6. The van der Waals surface area contributed by atoms with Crippen molar-refractivity contribution in [1.82, 2.24) is 4.57 Å². The minimum atomic E-state index is -0.778. The molecule has 0 aliphatic carbocycles. The van der Waals surface area contributed by atoms with Gasteiger partial charge in [-0.25, -0.2) is 0 Å². The summed E-state index contributed by atoms with van der Waals surface area (Å²) < 4.78 is 2.32. The zero-order chi connectivity index (χ0) is 14.1. The molecule has 0 aliphatic heterocycles. The van der Waals surface area contributed by atoms with Crippen LogP contribution in [-0.2, 0) is 4.79 Å². The lowest BCUT2D eigenvalue weighted by Gasteiger charge is -2.15. The summed E-state index contributed by atoms with van der Waals surface area (Å²) in [5.41, 5.74) is 6.97. The molecular weight excluding hydrogens is 272 g/mol. The van der Waals surface area contributed by atoms with Crippen LogP contribution in [0, 0.1) is 0 Å². The summed E-state index contributed by atoms with van der Waals surface area (Å²) in [7, 11) is 0. The summed E-state index contributed by atoms with van der Waals surface area (Å²) >= 11 is 1.12. The van der Waals surface area contributed by atoms with Crippen LogP contribution in [0.2, 0.25) is 0 Å². The standard InChI is InChI=1S/C15H12N2O2S/c16-14(18)13(10-6-2-1-3-7-10)17-11-8-4-5-9-12(11)20-15(17)19/h1-9,13H,(H2,16,18)/t13-/m0/s1. The zero-order valence-corrected chi connectivity index (χ0v) is 11.3. The van der Waals surface area contributed by atoms with Gasteiger partial charge < -0.3 is 5.73 Å². The van der Waals surface area contributed by atoms with E-state index >= 15 is 0 Å². The van der Waals surface area contributed by atoms with Gasteiger partial charge in [-0.3, -0.25) is 14.2 Å². The number of carbonyl (C=O) groups excluding carboxylic acids is 1. The summed E-state index contributed by atoms with van der Waals surface area (Å²) in [4.78, 5) is 23.9. The fourth-order valence-electron chi connectivity index (χ4n) is 2.30. The van der Waals surface area contributed by atoms with Crippen LogP contribution in [0.25, 0.3) is 10.2 Å². The van der Waals surface area contributed by atoms with E-state index in [2.05, 4.69) is 0 Å². The normalized spacial score (nSPS) is 12.4. The Morgan fingerprint density at radius 3 is 2.40 bits per heavy atom. The van der Waals surface area contributed by atoms with Crippen LogP contribution in [0.15, 0.2) is 59.4 Å². The molecule has 1 atom stereocenters. The molecule has 0 unspecified atom stereocenters. The highest BCUT2D eigenvalue weighted by molar-refractivity contribution is 7.16. The summed E-state index contributed by atoms with van der Waals surface area (Å²) in [6, 6.07) is 15.7. The van der Waals surface area contributed by atoms with Gasteiger partial charge in [-0.15, -0.1) is 0 Å². The van der Waals surface area contributed by atoms with Crippen LogP contribution in [0.3, 0.4) is 0 Å². The molecule has 1 heterocycles. The number of hydrogen-bond acceptors (Lipinski definition) is 3. The third-order valence-electron chi connectivity index (χ3n) is 3.16. The van der Waals surface area contributed by atoms with Crippen molar-refractivity contribution >= 4 is 27.5 Å². The van der Waals surface area contributed by atoms with Crippen molar-refractivity contribution in [3.8, 4) is 0 Å². The van der Waals surface area contributed by atoms with Gasteiger partial charge in [0, 0.05) is 0 Å². The third kappa shape index (κ3) is 2.02. The molecule has 0 spiro atoms. The highest BCUT2D eigenvalue weighted by atomic mass is 32.1. The molecule has 0 saturated carbocycles. The number of aromatic nitrogens is 1. The lowest BCUT2D eigenvalue weighted by Crippen LogP contribution is -2.32. The summed E-state index contributed by atoms with van der Waals surface area (Å²) in [5.74, 6) is -0.540. The van der Waals surface area contributed by atoms with E-state index in [1.807, 2.05) is 42.5 Å². The second-order valence-electron chi connectivity index (χ2n) is 4.42. The van der Waals surface area contributed by atoms with Crippen molar-refractivity contribution in [2.45, 2.75) is 6.04 Å². The Balaban J connectivity index is 2.28. The van der Waals surface area contributed by atoms with Crippen molar-refractivity contribution < 1.29 is 4.79 Å². The zero-order valence-electron chi connectivity index (χ0n) is 10.5. The SMILES string of the molecule is NC(=O)[C@H](c1ccccc1)n1c(=O)sc2ccccc21. The number of thiazole rings is 1. The Morgan fingerprint density at radius 2 is 1.70 bits per heavy atom. The molecule has 1 aromatic heterocycles. The number of carbonyl (C=O) groups is 1. The lowest BCUT2D eigenvalue weighted by atomic mass is 10.1. The van der Waals surface area contributed by atoms with Crippen molar-refractivity contribution in [2.75, 3.05) is 0 Å². The Labute approximate surface area is 119 Å². The van der Waals surface area contributed by atoms with Gasteiger partial charge in [-0.1, -0.05) is 53.8 Å². The van der Waals surface area contributed by atoms with Gasteiger partial charge in [0.05, 0.1) is 10.2 Å². The van der Waals surface area contributed by atoms with Crippen LogP contribution in [-0.4, -0.2) is 10.5 Å². The molecule has 20 heavy (non-hydrogen) atoms. The van der Waals surface area contributed by atoms with E-state index in [-0.39, 0.29) is 4.87 Å². The number of nitrogens with zero attached hydrogens (tertiary/aromatic N) is 1. The number of hydrogen-bond donors (Lipinski definition) is 1. The van der Waals surface area contributed by atoms with E-state index in [1.54, 1.807) is 12.1 Å². The van der Waals surface area contributed by atoms with Gasteiger partial charge in [-0.05, 0) is 17.7 Å². The van der Waals surface area contributed by atoms with Crippen LogP contribution in [0.1, 0.15) is 11.6 Å². The third-order valence-corrected chi connectivity index (χ3v) is 4.10. The van der Waals surface area contributed by atoms with Gasteiger partial charge in [0.2, 0.25) is 5.91 Å². The first-order valence-corrected chi connectivity index (χ1v) is 6.94. The maximum atomic E-state index is 12.2.